The number of nitrogens with one attached hydrogen (secondary N) is 1. The SMILES string of the molecule is COCc1nsc(NC(=O)[C@H](CC(C)C)N2CC(Oc3ccccc3Cl)=CC2=O)n1. The highest BCUT2D eigenvalue weighted by atomic mass is 35.5. The Bertz CT molecular complexity index is 946. The molecular weight excluding hydrogens is 428 g/mol. The van der Waals surface area contributed by atoms with Crippen molar-refractivity contribution in [3.05, 3.63) is 46.9 Å². The largest absolute Gasteiger partial charge is 0.458 e. The van der Waals surface area contributed by atoms with Gasteiger partial charge in [-0.25, -0.2) is 4.98 Å². The van der Waals surface area contributed by atoms with E-state index in [9.17, 15) is 9.59 Å². The Kier molecular flexibility index (Phi) is 7.41. The molecule has 0 fully saturated rings. The van der Waals surface area contributed by atoms with Crippen LogP contribution in [0.4, 0.5) is 5.13 Å². The van der Waals surface area contributed by atoms with Gasteiger partial charge in [0.2, 0.25) is 11.0 Å². The third-order valence-electron chi connectivity index (χ3n) is 4.32. The van der Waals surface area contributed by atoms with E-state index in [4.69, 9.17) is 21.1 Å². The van der Waals surface area contributed by atoms with Gasteiger partial charge < -0.3 is 14.4 Å². The van der Waals surface area contributed by atoms with Crippen molar-refractivity contribution in [1.29, 1.82) is 0 Å². The van der Waals surface area contributed by atoms with E-state index in [2.05, 4.69) is 14.7 Å². The minimum atomic E-state index is -0.670. The van der Waals surface area contributed by atoms with Crippen molar-refractivity contribution >= 4 is 40.1 Å². The number of methoxy groups -OCH3 is 1. The Morgan fingerprint density at radius 2 is 2.13 bits per heavy atom. The van der Waals surface area contributed by atoms with Gasteiger partial charge in [0, 0.05) is 24.7 Å². The molecule has 1 aliphatic rings. The molecular formula is C20H23ClN4O4S. The van der Waals surface area contributed by atoms with Crippen molar-refractivity contribution in [3.63, 3.8) is 0 Å². The number of benzene rings is 1. The van der Waals surface area contributed by atoms with Crippen LogP contribution in [0.1, 0.15) is 26.1 Å². The first kappa shape index (κ1) is 22.2. The molecule has 0 unspecified atom stereocenters. The molecule has 160 valence electrons. The molecule has 30 heavy (non-hydrogen) atoms. The number of carbonyl (C=O) groups is 2. The second-order valence-electron chi connectivity index (χ2n) is 7.19. The molecule has 1 atom stereocenters. The van der Waals surface area contributed by atoms with E-state index >= 15 is 0 Å². The van der Waals surface area contributed by atoms with Crippen molar-refractivity contribution in [2.45, 2.75) is 32.9 Å². The van der Waals surface area contributed by atoms with Crippen LogP contribution in [0.25, 0.3) is 0 Å². The highest BCUT2D eigenvalue weighted by Gasteiger charge is 2.35. The van der Waals surface area contributed by atoms with Gasteiger partial charge in [0.15, 0.2) is 5.82 Å². The van der Waals surface area contributed by atoms with Gasteiger partial charge >= 0.3 is 0 Å². The van der Waals surface area contributed by atoms with Crippen LogP contribution in [0.2, 0.25) is 5.02 Å². The van der Waals surface area contributed by atoms with Crippen molar-refractivity contribution in [3.8, 4) is 5.75 Å². The summed E-state index contributed by atoms with van der Waals surface area (Å²) in [4.78, 5) is 31.3. The summed E-state index contributed by atoms with van der Waals surface area (Å²) in [6, 6.07) is 6.36. The zero-order valence-corrected chi connectivity index (χ0v) is 18.5. The Morgan fingerprint density at radius 1 is 1.37 bits per heavy atom. The van der Waals surface area contributed by atoms with Crippen LogP contribution >= 0.6 is 23.1 Å². The van der Waals surface area contributed by atoms with Gasteiger partial charge in [0.1, 0.15) is 24.2 Å². The normalized spacial score (nSPS) is 14.8. The molecule has 0 spiro atoms. The standard InChI is InChI=1S/C20H23ClN4O4S/c1-12(2)8-15(19(27)23-20-22-17(11-28-3)24-30-20)25-10-13(9-18(25)26)29-16-7-5-4-6-14(16)21/h4-7,9,12,15H,8,10-11H2,1-3H3,(H,22,23,24,27)/t15-/m0/s1. The van der Waals surface area contributed by atoms with E-state index in [1.165, 1.54) is 11.0 Å². The zero-order valence-electron chi connectivity index (χ0n) is 16.9. The summed E-state index contributed by atoms with van der Waals surface area (Å²) < 4.78 is 14.9. The average molecular weight is 451 g/mol. The minimum absolute atomic E-state index is 0.180. The van der Waals surface area contributed by atoms with Crippen molar-refractivity contribution in [2.75, 3.05) is 19.0 Å². The van der Waals surface area contributed by atoms with Crippen LogP contribution in [0.3, 0.4) is 0 Å². The van der Waals surface area contributed by atoms with Crippen molar-refractivity contribution in [2.24, 2.45) is 5.92 Å². The summed E-state index contributed by atoms with van der Waals surface area (Å²) in [6.07, 6.45) is 1.89. The van der Waals surface area contributed by atoms with Crippen molar-refractivity contribution in [1.82, 2.24) is 14.3 Å². The summed E-state index contributed by atoms with van der Waals surface area (Å²) in [7, 11) is 1.55. The number of para-hydroxylation sites is 1. The fourth-order valence-corrected chi connectivity index (χ4v) is 3.76. The van der Waals surface area contributed by atoms with Crippen LogP contribution < -0.4 is 10.1 Å². The average Bonchev–Trinajstić information content (AvgIpc) is 3.28. The fourth-order valence-electron chi connectivity index (χ4n) is 3.01. The van der Waals surface area contributed by atoms with Gasteiger partial charge in [-0.1, -0.05) is 37.6 Å². The number of ether oxygens (including phenoxy) is 2. The highest BCUT2D eigenvalue weighted by Crippen LogP contribution is 2.28. The maximum Gasteiger partial charge on any atom is 0.251 e. The van der Waals surface area contributed by atoms with Crippen molar-refractivity contribution < 1.29 is 19.1 Å². The van der Waals surface area contributed by atoms with E-state index in [0.717, 1.165) is 11.5 Å². The molecule has 0 saturated carbocycles. The molecule has 3 rings (SSSR count). The summed E-state index contributed by atoms with van der Waals surface area (Å²) in [5, 5.41) is 3.59. The van der Waals surface area contributed by atoms with Gasteiger partial charge in [-0.2, -0.15) is 4.37 Å². The minimum Gasteiger partial charge on any atom is -0.458 e. The second kappa shape index (κ2) is 10.0. The number of rotatable bonds is 9. The quantitative estimate of drug-likeness (QED) is 0.628. The number of nitrogens with zero attached hydrogens (tertiary/aromatic N) is 3. The maximum absolute atomic E-state index is 13.0. The third kappa shape index (κ3) is 5.56. The molecule has 2 heterocycles. The van der Waals surface area contributed by atoms with E-state index in [-0.39, 0.29) is 30.9 Å². The predicted molar refractivity (Wildman–Crippen MR) is 114 cm³/mol. The second-order valence-corrected chi connectivity index (χ2v) is 8.35. The molecule has 8 nitrogen and oxygen atoms in total. The monoisotopic (exact) mass is 450 g/mol. The molecule has 0 aliphatic carbocycles. The summed E-state index contributed by atoms with van der Waals surface area (Å²) in [5.41, 5.74) is 0. The fraction of sp³-hybridized carbons (Fsp3) is 0.400. The van der Waals surface area contributed by atoms with Gasteiger partial charge in [-0.3, -0.25) is 14.9 Å². The van der Waals surface area contributed by atoms with E-state index in [1.54, 1.807) is 31.4 Å². The number of anilines is 1. The number of hydrogen-bond acceptors (Lipinski definition) is 7. The highest BCUT2D eigenvalue weighted by molar-refractivity contribution is 7.09. The third-order valence-corrected chi connectivity index (χ3v) is 5.30. The lowest BCUT2D eigenvalue weighted by Gasteiger charge is -2.28. The van der Waals surface area contributed by atoms with Gasteiger partial charge in [0.25, 0.3) is 5.91 Å². The van der Waals surface area contributed by atoms with Gasteiger partial charge in [-0.15, -0.1) is 0 Å². The Labute approximate surface area is 184 Å². The first-order chi connectivity index (χ1) is 14.4. The topological polar surface area (TPSA) is 93.6 Å². The smallest absolute Gasteiger partial charge is 0.251 e. The first-order valence-electron chi connectivity index (χ1n) is 9.43. The number of carbonyl (C=O) groups excluding carboxylic acids is 2. The number of aromatic nitrogens is 2. The lowest BCUT2D eigenvalue weighted by molar-refractivity contribution is -0.133. The molecule has 2 aromatic rings. The van der Waals surface area contributed by atoms with Crippen LogP contribution in [-0.2, 0) is 20.9 Å². The molecule has 2 amide bonds. The molecule has 1 aliphatic heterocycles. The Morgan fingerprint density at radius 3 is 2.83 bits per heavy atom. The van der Waals surface area contributed by atoms with E-state index in [0.29, 0.717) is 33.9 Å². The lowest BCUT2D eigenvalue weighted by Crippen LogP contribution is -2.46. The number of amides is 2. The molecule has 1 aromatic heterocycles. The van der Waals surface area contributed by atoms with Crippen LogP contribution in [0.15, 0.2) is 36.1 Å². The molecule has 0 radical (unpaired) electrons. The predicted octanol–water partition coefficient (Wildman–Crippen LogP) is 3.50. The molecule has 0 bridgehead atoms. The molecule has 10 heteroatoms. The summed E-state index contributed by atoms with van der Waals surface area (Å²) in [6.45, 7) is 4.44. The lowest BCUT2D eigenvalue weighted by atomic mass is 10.0. The van der Waals surface area contributed by atoms with Crippen LogP contribution in [0, 0.1) is 5.92 Å². The Hall–Kier alpha value is -2.49. The van der Waals surface area contributed by atoms with E-state index < -0.39 is 6.04 Å². The number of halogens is 1. The summed E-state index contributed by atoms with van der Waals surface area (Å²) >= 11 is 7.21. The molecule has 0 saturated heterocycles. The van der Waals surface area contributed by atoms with Crippen LogP contribution in [-0.4, -0.2) is 45.8 Å². The van der Waals surface area contributed by atoms with E-state index in [1.807, 2.05) is 13.8 Å². The van der Waals surface area contributed by atoms with Gasteiger partial charge in [0.05, 0.1) is 11.6 Å². The molecule has 1 N–H and O–H groups in total. The first-order valence-corrected chi connectivity index (χ1v) is 10.6. The number of hydrogen-bond donors (Lipinski definition) is 1. The van der Waals surface area contributed by atoms with Gasteiger partial charge in [-0.05, 0) is 24.5 Å². The zero-order chi connectivity index (χ0) is 21.7. The Balaban J connectivity index is 1.71. The maximum atomic E-state index is 13.0. The summed E-state index contributed by atoms with van der Waals surface area (Å²) in [5.74, 6) is 0.991. The molecule has 1 aromatic carbocycles. The van der Waals surface area contributed by atoms with Crippen LogP contribution in [0.5, 0.6) is 5.75 Å².